The molecule has 0 aliphatic rings. The van der Waals surface area contributed by atoms with Gasteiger partial charge in [0.05, 0.1) is 5.69 Å². The van der Waals surface area contributed by atoms with Crippen molar-refractivity contribution < 1.29 is 4.79 Å². The van der Waals surface area contributed by atoms with Gasteiger partial charge in [-0.2, -0.15) is 5.10 Å². The van der Waals surface area contributed by atoms with Crippen LogP contribution in [-0.4, -0.2) is 48.3 Å². The number of aliphatic imine (C=N–C) groups is 1. The standard InChI is InChI=1S/C16H30N6O/c1-12(2)15(23)18-8-9-20-16(17-5)19-7-6-10-22-14(4)11-13(3)21-22/h11-12H,6-10H2,1-5H3,(H,18,23)(H2,17,19,20). The maximum absolute atomic E-state index is 11.4. The second kappa shape index (κ2) is 9.86. The minimum atomic E-state index is 0.0156. The molecule has 1 aromatic rings. The van der Waals surface area contributed by atoms with Gasteiger partial charge in [0.25, 0.3) is 0 Å². The molecule has 0 spiro atoms. The van der Waals surface area contributed by atoms with Crippen LogP contribution in [0.4, 0.5) is 0 Å². The Balaban J connectivity index is 2.17. The van der Waals surface area contributed by atoms with Crippen LogP contribution >= 0.6 is 0 Å². The molecule has 0 aliphatic heterocycles. The highest BCUT2D eigenvalue weighted by Gasteiger charge is 2.05. The van der Waals surface area contributed by atoms with E-state index in [1.807, 2.05) is 25.5 Å². The minimum absolute atomic E-state index is 0.0156. The molecule has 0 fully saturated rings. The van der Waals surface area contributed by atoms with E-state index in [9.17, 15) is 4.79 Å². The maximum atomic E-state index is 11.4. The summed E-state index contributed by atoms with van der Waals surface area (Å²) in [6, 6.07) is 2.08. The Morgan fingerprint density at radius 1 is 1.22 bits per heavy atom. The fourth-order valence-corrected chi connectivity index (χ4v) is 2.13. The first-order chi connectivity index (χ1) is 10.9. The number of carbonyl (C=O) groups excluding carboxylic acids is 1. The molecule has 1 heterocycles. The van der Waals surface area contributed by atoms with E-state index in [2.05, 4.69) is 39.0 Å². The molecule has 0 saturated heterocycles. The summed E-state index contributed by atoms with van der Waals surface area (Å²) in [4.78, 5) is 15.6. The molecular formula is C16H30N6O. The third-order valence-corrected chi connectivity index (χ3v) is 3.41. The van der Waals surface area contributed by atoms with Gasteiger partial charge in [-0.3, -0.25) is 14.5 Å². The SMILES string of the molecule is CN=C(NCCCn1nc(C)cc1C)NCCNC(=O)C(C)C. The van der Waals surface area contributed by atoms with Gasteiger partial charge in [-0.1, -0.05) is 13.8 Å². The Morgan fingerprint density at radius 3 is 2.43 bits per heavy atom. The molecule has 1 rings (SSSR count). The van der Waals surface area contributed by atoms with E-state index in [0.717, 1.165) is 31.2 Å². The fourth-order valence-electron chi connectivity index (χ4n) is 2.13. The molecule has 0 radical (unpaired) electrons. The second-order valence-electron chi connectivity index (χ2n) is 5.88. The number of hydrogen-bond acceptors (Lipinski definition) is 3. The monoisotopic (exact) mass is 322 g/mol. The van der Waals surface area contributed by atoms with Gasteiger partial charge >= 0.3 is 0 Å². The van der Waals surface area contributed by atoms with Gasteiger partial charge < -0.3 is 16.0 Å². The third-order valence-electron chi connectivity index (χ3n) is 3.41. The predicted octanol–water partition coefficient (Wildman–Crippen LogP) is 0.827. The van der Waals surface area contributed by atoms with Crippen molar-refractivity contribution in [3.05, 3.63) is 17.5 Å². The smallest absolute Gasteiger partial charge is 0.222 e. The van der Waals surface area contributed by atoms with Crippen LogP contribution < -0.4 is 16.0 Å². The summed E-state index contributed by atoms with van der Waals surface area (Å²) in [7, 11) is 1.74. The topological polar surface area (TPSA) is 83.3 Å². The van der Waals surface area contributed by atoms with E-state index in [0.29, 0.717) is 13.1 Å². The largest absolute Gasteiger partial charge is 0.356 e. The first-order valence-electron chi connectivity index (χ1n) is 8.17. The molecule has 0 aromatic carbocycles. The average molecular weight is 322 g/mol. The van der Waals surface area contributed by atoms with Crippen molar-refractivity contribution >= 4 is 11.9 Å². The van der Waals surface area contributed by atoms with E-state index in [1.165, 1.54) is 5.69 Å². The summed E-state index contributed by atoms with van der Waals surface area (Å²) in [5, 5.41) is 13.7. The van der Waals surface area contributed by atoms with E-state index in [-0.39, 0.29) is 11.8 Å². The van der Waals surface area contributed by atoms with Gasteiger partial charge in [0, 0.05) is 44.8 Å². The predicted molar refractivity (Wildman–Crippen MR) is 93.5 cm³/mol. The van der Waals surface area contributed by atoms with Crippen LogP contribution in [0.25, 0.3) is 0 Å². The molecule has 23 heavy (non-hydrogen) atoms. The van der Waals surface area contributed by atoms with Crippen LogP contribution in [0.2, 0.25) is 0 Å². The number of rotatable bonds is 8. The highest BCUT2D eigenvalue weighted by atomic mass is 16.1. The average Bonchev–Trinajstić information content (AvgIpc) is 2.83. The van der Waals surface area contributed by atoms with Gasteiger partial charge in [-0.05, 0) is 26.3 Å². The highest BCUT2D eigenvalue weighted by molar-refractivity contribution is 5.80. The minimum Gasteiger partial charge on any atom is -0.356 e. The lowest BCUT2D eigenvalue weighted by Gasteiger charge is -2.13. The normalized spacial score (nSPS) is 11.7. The lowest BCUT2D eigenvalue weighted by molar-refractivity contribution is -0.123. The van der Waals surface area contributed by atoms with Crippen molar-refractivity contribution in [2.45, 2.75) is 40.7 Å². The number of aromatic nitrogens is 2. The molecule has 0 unspecified atom stereocenters. The van der Waals surface area contributed by atoms with Crippen LogP contribution in [0.15, 0.2) is 11.1 Å². The zero-order chi connectivity index (χ0) is 17.2. The number of hydrogen-bond donors (Lipinski definition) is 3. The first kappa shape index (κ1) is 19.0. The van der Waals surface area contributed by atoms with Crippen molar-refractivity contribution in [2.24, 2.45) is 10.9 Å². The molecule has 0 saturated carbocycles. The molecule has 7 nitrogen and oxygen atoms in total. The summed E-state index contributed by atoms with van der Waals surface area (Å²) in [5.41, 5.74) is 2.24. The van der Waals surface area contributed by atoms with Crippen LogP contribution in [0.5, 0.6) is 0 Å². The zero-order valence-corrected chi connectivity index (χ0v) is 14.9. The summed E-state index contributed by atoms with van der Waals surface area (Å²) in [5.74, 6) is 0.832. The van der Waals surface area contributed by atoms with Crippen molar-refractivity contribution in [3.63, 3.8) is 0 Å². The van der Waals surface area contributed by atoms with Crippen molar-refractivity contribution in [1.82, 2.24) is 25.7 Å². The second-order valence-corrected chi connectivity index (χ2v) is 5.88. The number of amides is 1. The van der Waals surface area contributed by atoms with Gasteiger partial charge in [0.1, 0.15) is 0 Å². The summed E-state index contributed by atoms with van der Waals surface area (Å²) in [6.07, 6.45) is 0.965. The van der Waals surface area contributed by atoms with E-state index in [1.54, 1.807) is 7.05 Å². The maximum Gasteiger partial charge on any atom is 0.222 e. The van der Waals surface area contributed by atoms with Crippen molar-refractivity contribution in [1.29, 1.82) is 0 Å². The Labute approximate surface area is 138 Å². The molecule has 0 bridgehead atoms. The fraction of sp³-hybridized carbons (Fsp3) is 0.688. The quantitative estimate of drug-likeness (QED) is 0.376. The Kier molecular flexibility index (Phi) is 8.15. The number of aryl methyl sites for hydroxylation is 3. The lowest BCUT2D eigenvalue weighted by atomic mass is 10.2. The van der Waals surface area contributed by atoms with E-state index < -0.39 is 0 Å². The summed E-state index contributed by atoms with van der Waals surface area (Å²) in [6.45, 7) is 10.8. The number of nitrogens with one attached hydrogen (secondary N) is 3. The third kappa shape index (κ3) is 7.17. The molecule has 1 aromatic heterocycles. The van der Waals surface area contributed by atoms with Crippen LogP contribution in [0.1, 0.15) is 31.7 Å². The Bertz CT molecular complexity index is 521. The Morgan fingerprint density at radius 2 is 1.87 bits per heavy atom. The van der Waals surface area contributed by atoms with Gasteiger partial charge in [0.2, 0.25) is 5.91 Å². The van der Waals surface area contributed by atoms with E-state index >= 15 is 0 Å². The lowest BCUT2D eigenvalue weighted by Crippen LogP contribution is -2.42. The Hall–Kier alpha value is -2.05. The number of guanidine groups is 1. The molecule has 7 heteroatoms. The van der Waals surface area contributed by atoms with Crippen LogP contribution in [-0.2, 0) is 11.3 Å². The van der Waals surface area contributed by atoms with Crippen LogP contribution in [0.3, 0.4) is 0 Å². The van der Waals surface area contributed by atoms with Crippen molar-refractivity contribution in [3.8, 4) is 0 Å². The number of carbonyl (C=O) groups is 1. The molecule has 3 N–H and O–H groups in total. The van der Waals surface area contributed by atoms with Gasteiger partial charge in [0.15, 0.2) is 5.96 Å². The highest BCUT2D eigenvalue weighted by Crippen LogP contribution is 2.02. The first-order valence-corrected chi connectivity index (χ1v) is 8.17. The number of nitrogens with zero attached hydrogens (tertiary/aromatic N) is 3. The van der Waals surface area contributed by atoms with Gasteiger partial charge in [-0.15, -0.1) is 0 Å². The van der Waals surface area contributed by atoms with E-state index in [4.69, 9.17) is 0 Å². The van der Waals surface area contributed by atoms with Crippen molar-refractivity contribution in [2.75, 3.05) is 26.7 Å². The summed E-state index contributed by atoms with van der Waals surface area (Å²) >= 11 is 0. The molecule has 130 valence electrons. The zero-order valence-electron chi connectivity index (χ0n) is 14.9. The molecular weight excluding hydrogens is 292 g/mol. The molecule has 0 atom stereocenters. The summed E-state index contributed by atoms with van der Waals surface area (Å²) < 4.78 is 2.02. The van der Waals surface area contributed by atoms with Gasteiger partial charge in [-0.25, -0.2) is 0 Å². The molecule has 0 aliphatic carbocycles. The molecule has 1 amide bonds. The van der Waals surface area contributed by atoms with Crippen LogP contribution in [0, 0.1) is 19.8 Å².